The zero-order valence-electron chi connectivity index (χ0n) is 11.5. The van der Waals surface area contributed by atoms with Crippen LogP contribution in [-0.2, 0) is 5.75 Å². The molecule has 0 bridgehead atoms. The van der Waals surface area contributed by atoms with Gasteiger partial charge >= 0.3 is 0 Å². The Labute approximate surface area is 122 Å². The van der Waals surface area contributed by atoms with Crippen LogP contribution in [0.3, 0.4) is 0 Å². The number of thioether (sulfide) groups is 1. The monoisotopic (exact) mass is 293 g/mol. The van der Waals surface area contributed by atoms with Crippen molar-refractivity contribution in [2.45, 2.75) is 23.6 Å². The summed E-state index contributed by atoms with van der Waals surface area (Å²) in [7, 11) is 1.92. The average molecular weight is 293 g/mol. The van der Waals surface area contributed by atoms with Crippen molar-refractivity contribution < 1.29 is 8.78 Å². The number of hydrogen-bond donors (Lipinski definition) is 1. The van der Waals surface area contributed by atoms with Gasteiger partial charge in [0.25, 0.3) is 0 Å². The van der Waals surface area contributed by atoms with E-state index in [4.69, 9.17) is 0 Å². The van der Waals surface area contributed by atoms with Crippen molar-refractivity contribution in [3.05, 3.63) is 65.2 Å². The van der Waals surface area contributed by atoms with Crippen molar-refractivity contribution in [1.29, 1.82) is 0 Å². The van der Waals surface area contributed by atoms with Crippen LogP contribution in [0, 0.1) is 11.6 Å². The van der Waals surface area contributed by atoms with Crippen LogP contribution < -0.4 is 5.32 Å². The molecule has 1 atom stereocenters. The first kappa shape index (κ1) is 15.0. The number of nitrogens with one attached hydrogen (secondary N) is 1. The first-order valence-electron chi connectivity index (χ1n) is 6.44. The second-order valence-corrected chi connectivity index (χ2v) is 5.65. The minimum atomic E-state index is -0.403. The summed E-state index contributed by atoms with van der Waals surface area (Å²) in [6, 6.07) is 12.0. The van der Waals surface area contributed by atoms with E-state index in [-0.39, 0.29) is 5.82 Å². The highest BCUT2D eigenvalue weighted by molar-refractivity contribution is 7.98. The van der Waals surface area contributed by atoms with E-state index < -0.39 is 5.82 Å². The van der Waals surface area contributed by atoms with Crippen LogP contribution in [0.15, 0.2) is 47.4 Å². The molecule has 0 fully saturated rings. The number of hydrogen-bond acceptors (Lipinski definition) is 2. The Morgan fingerprint density at radius 3 is 2.45 bits per heavy atom. The second kappa shape index (κ2) is 6.86. The molecule has 1 nitrogen and oxygen atoms in total. The maximum atomic E-state index is 13.5. The largest absolute Gasteiger partial charge is 0.313 e. The van der Waals surface area contributed by atoms with E-state index in [0.29, 0.717) is 17.4 Å². The van der Waals surface area contributed by atoms with Gasteiger partial charge in [-0.15, -0.1) is 11.8 Å². The highest BCUT2D eigenvalue weighted by Gasteiger charge is 2.06. The summed E-state index contributed by atoms with van der Waals surface area (Å²) in [5.74, 6) is -0.343. The van der Waals surface area contributed by atoms with Gasteiger partial charge in [0.1, 0.15) is 11.6 Å². The molecule has 4 heteroatoms. The Kier molecular flexibility index (Phi) is 5.15. The van der Waals surface area contributed by atoms with Crippen LogP contribution >= 0.6 is 11.8 Å². The van der Waals surface area contributed by atoms with Crippen LogP contribution in [-0.4, -0.2) is 7.05 Å². The van der Waals surface area contributed by atoms with E-state index in [0.717, 1.165) is 11.0 Å². The van der Waals surface area contributed by atoms with Crippen molar-refractivity contribution in [1.82, 2.24) is 5.32 Å². The normalized spacial score (nSPS) is 12.4. The van der Waals surface area contributed by atoms with Gasteiger partial charge in [-0.1, -0.05) is 12.1 Å². The smallest absolute Gasteiger partial charge is 0.127 e. The standard InChI is InChI=1S/C16H17F2NS/c1-11(19-2)12-3-6-15(7-4-12)20-10-13-9-14(17)5-8-16(13)18/h3-9,11,19H,10H2,1-2H3. The third-order valence-electron chi connectivity index (χ3n) is 3.22. The molecule has 1 unspecified atom stereocenters. The zero-order valence-corrected chi connectivity index (χ0v) is 12.3. The maximum absolute atomic E-state index is 13.5. The third-order valence-corrected chi connectivity index (χ3v) is 4.28. The lowest BCUT2D eigenvalue weighted by Crippen LogP contribution is -2.11. The summed E-state index contributed by atoms with van der Waals surface area (Å²) < 4.78 is 26.6. The van der Waals surface area contributed by atoms with Gasteiger partial charge in [0.2, 0.25) is 0 Å². The zero-order chi connectivity index (χ0) is 14.5. The van der Waals surface area contributed by atoms with Crippen LogP contribution in [0.5, 0.6) is 0 Å². The van der Waals surface area contributed by atoms with Gasteiger partial charge in [-0.05, 0) is 49.9 Å². The van der Waals surface area contributed by atoms with Gasteiger partial charge < -0.3 is 5.32 Å². The average Bonchev–Trinajstić information content (AvgIpc) is 2.48. The summed E-state index contributed by atoms with van der Waals surface area (Å²) >= 11 is 1.50. The van der Waals surface area contributed by atoms with Crippen molar-refractivity contribution in [3.63, 3.8) is 0 Å². The van der Waals surface area contributed by atoms with Crippen LogP contribution in [0.2, 0.25) is 0 Å². The lowest BCUT2D eigenvalue weighted by atomic mass is 10.1. The van der Waals surface area contributed by atoms with Gasteiger partial charge in [0, 0.05) is 22.3 Å². The molecule has 0 aliphatic heterocycles. The highest BCUT2D eigenvalue weighted by Crippen LogP contribution is 2.25. The quantitative estimate of drug-likeness (QED) is 0.812. The fourth-order valence-electron chi connectivity index (χ4n) is 1.83. The topological polar surface area (TPSA) is 12.0 Å². The van der Waals surface area contributed by atoms with Crippen molar-refractivity contribution >= 4 is 11.8 Å². The summed E-state index contributed by atoms with van der Waals surface area (Å²) in [5, 5.41) is 3.17. The van der Waals surface area contributed by atoms with E-state index >= 15 is 0 Å². The molecule has 0 spiro atoms. The lowest BCUT2D eigenvalue weighted by molar-refractivity contribution is 0.591. The Balaban J connectivity index is 2.02. The fraction of sp³-hybridized carbons (Fsp3) is 0.250. The SMILES string of the molecule is CNC(C)c1ccc(SCc2cc(F)ccc2F)cc1. The Hall–Kier alpha value is -1.39. The van der Waals surface area contributed by atoms with E-state index in [9.17, 15) is 8.78 Å². The number of benzene rings is 2. The van der Waals surface area contributed by atoms with Crippen molar-refractivity contribution in [3.8, 4) is 0 Å². The molecule has 2 aromatic carbocycles. The molecule has 0 aliphatic rings. The van der Waals surface area contributed by atoms with Crippen molar-refractivity contribution in [2.24, 2.45) is 0 Å². The molecule has 2 rings (SSSR count). The number of rotatable bonds is 5. The molecule has 0 radical (unpaired) electrons. The molecule has 0 saturated carbocycles. The molecule has 0 amide bonds. The first-order valence-corrected chi connectivity index (χ1v) is 7.42. The molecule has 0 heterocycles. The Morgan fingerprint density at radius 2 is 1.80 bits per heavy atom. The minimum absolute atomic E-state index is 0.301. The lowest BCUT2D eigenvalue weighted by Gasteiger charge is -2.11. The molecule has 0 aromatic heterocycles. The maximum Gasteiger partial charge on any atom is 0.127 e. The minimum Gasteiger partial charge on any atom is -0.313 e. The van der Waals surface area contributed by atoms with Gasteiger partial charge in [-0.25, -0.2) is 8.78 Å². The molecule has 106 valence electrons. The van der Waals surface area contributed by atoms with E-state index in [1.807, 2.05) is 31.3 Å². The molecule has 20 heavy (non-hydrogen) atoms. The van der Waals surface area contributed by atoms with E-state index in [2.05, 4.69) is 12.2 Å². The molecule has 2 aromatic rings. The summed E-state index contributed by atoms with van der Waals surface area (Å²) in [6.07, 6.45) is 0. The predicted octanol–water partition coefficient (Wildman–Crippen LogP) is 4.54. The van der Waals surface area contributed by atoms with Gasteiger partial charge in [-0.2, -0.15) is 0 Å². The van der Waals surface area contributed by atoms with Crippen molar-refractivity contribution in [2.75, 3.05) is 7.05 Å². The fourth-order valence-corrected chi connectivity index (χ4v) is 2.71. The summed E-state index contributed by atoms with van der Waals surface area (Å²) in [4.78, 5) is 1.04. The Bertz CT molecular complexity index is 569. The van der Waals surface area contributed by atoms with E-state index in [1.54, 1.807) is 0 Å². The van der Waals surface area contributed by atoms with Crippen LogP contribution in [0.1, 0.15) is 24.1 Å². The molecular weight excluding hydrogens is 276 g/mol. The molecule has 1 N–H and O–H groups in total. The molecule has 0 saturated heterocycles. The van der Waals surface area contributed by atoms with Crippen LogP contribution in [0.4, 0.5) is 8.78 Å². The second-order valence-electron chi connectivity index (χ2n) is 4.60. The molecule has 0 aliphatic carbocycles. The summed E-state index contributed by atoms with van der Waals surface area (Å²) in [5.41, 5.74) is 1.59. The molecular formula is C16H17F2NS. The third kappa shape index (κ3) is 3.81. The van der Waals surface area contributed by atoms with E-state index in [1.165, 1.54) is 29.5 Å². The van der Waals surface area contributed by atoms with Gasteiger partial charge in [0.05, 0.1) is 0 Å². The van der Waals surface area contributed by atoms with Crippen LogP contribution in [0.25, 0.3) is 0 Å². The Morgan fingerprint density at radius 1 is 1.10 bits per heavy atom. The van der Waals surface area contributed by atoms with Gasteiger partial charge in [0.15, 0.2) is 0 Å². The first-order chi connectivity index (χ1) is 9.60. The number of halogens is 2. The summed E-state index contributed by atoms with van der Waals surface area (Å²) in [6.45, 7) is 2.09. The van der Waals surface area contributed by atoms with Gasteiger partial charge in [-0.3, -0.25) is 0 Å². The highest BCUT2D eigenvalue weighted by atomic mass is 32.2. The predicted molar refractivity (Wildman–Crippen MR) is 79.8 cm³/mol.